The number of imidazole rings is 1. The summed E-state index contributed by atoms with van der Waals surface area (Å²) in [6.45, 7) is 0. The van der Waals surface area contributed by atoms with Crippen LogP contribution in [-0.2, 0) is 6.18 Å². The highest BCUT2D eigenvalue weighted by atomic mass is 127. The molecule has 0 aliphatic carbocycles. The van der Waals surface area contributed by atoms with Crippen molar-refractivity contribution >= 4 is 39.8 Å². The van der Waals surface area contributed by atoms with E-state index >= 15 is 0 Å². The maximum Gasteiger partial charge on any atom is 0.416 e. The highest BCUT2D eigenvalue weighted by Crippen LogP contribution is 2.32. The zero-order valence-electron chi connectivity index (χ0n) is 12.0. The van der Waals surface area contributed by atoms with Crippen molar-refractivity contribution in [2.45, 2.75) is 6.18 Å². The Morgan fingerprint density at radius 3 is 2.56 bits per heavy atom. The Bertz CT molecular complexity index is 983. The number of alkyl halides is 3. The molecule has 0 spiro atoms. The van der Waals surface area contributed by atoms with Crippen LogP contribution in [0.15, 0.2) is 36.7 Å². The Hall–Kier alpha value is -2.24. The lowest BCUT2D eigenvalue weighted by Crippen LogP contribution is -2.16. The molecule has 0 atom stereocenters. The molecule has 0 aliphatic heterocycles. The molecule has 0 unspecified atom stereocenters. The highest BCUT2D eigenvalue weighted by molar-refractivity contribution is 14.1. The normalized spacial score (nSPS) is 11.8. The van der Waals surface area contributed by atoms with Gasteiger partial charge in [-0.05, 0) is 46.9 Å². The standard InChI is InChI=1S/C15H7F5IN3O/c16-8-2-1-7(15(18,19)20)3-11(8)23-14(25)12-5-22-13-4-10(21)9(17)6-24(12)13/h1-6H,(H,23,25). The van der Waals surface area contributed by atoms with E-state index in [0.717, 1.165) is 16.8 Å². The summed E-state index contributed by atoms with van der Waals surface area (Å²) in [7, 11) is 0. The lowest BCUT2D eigenvalue weighted by atomic mass is 10.2. The van der Waals surface area contributed by atoms with Crippen LogP contribution < -0.4 is 5.32 Å². The predicted molar refractivity (Wildman–Crippen MR) is 87.2 cm³/mol. The molecule has 0 saturated carbocycles. The summed E-state index contributed by atoms with van der Waals surface area (Å²) in [6, 6.07) is 3.04. The van der Waals surface area contributed by atoms with Gasteiger partial charge in [0.2, 0.25) is 0 Å². The molecule has 10 heteroatoms. The lowest BCUT2D eigenvalue weighted by molar-refractivity contribution is -0.137. The number of fused-ring (bicyclic) bond motifs is 1. The van der Waals surface area contributed by atoms with Crippen molar-refractivity contribution in [3.05, 3.63) is 63.1 Å². The average Bonchev–Trinajstić information content (AvgIpc) is 2.91. The van der Waals surface area contributed by atoms with E-state index in [1.54, 1.807) is 22.6 Å². The van der Waals surface area contributed by atoms with Crippen LogP contribution in [0.3, 0.4) is 0 Å². The van der Waals surface area contributed by atoms with E-state index in [1.807, 2.05) is 0 Å². The molecular weight excluding hydrogens is 460 g/mol. The number of halogens is 6. The molecule has 1 amide bonds. The topological polar surface area (TPSA) is 46.4 Å². The summed E-state index contributed by atoms with van der Waals surface area (Å²) < 4.78 is 66.9. The second-order valence-electron chi connectivity index (χ2n) is 4.99. The number of nitrogens with one attached hydrogen (secondary N) is 1. The molecule has 130 valence electrons. The largest absolute Gasteiger partial charge is 0.416 e. The molecule has 0 saturated heterocycles. The number of hydrogen-bond acceptors (Lipinski definition) is 2. The van der Waals surface area contributed by atoms with E-state index in [4.69, 9.17) is 0 Å². The van der Waals surface area contributed by atoms with Crippen LogP contribution in [0.25, 0.3) is 5.65 Å². The first kappa shape index (κ1) is 17.6. The molecule has 1 N–H and O–H groups in total. The number of nitrogens with zero attached hydrogens (tertiary/aromatic N) is 2. The van der Waals surface area contributed by atoms with E-state index < -0.39 is 35.0 Å². The first-order chi connectivity index (χ1) is 11.7. The highest BCUT2D eigenvalue weighted by Gasteiger charge is 2.31. The Balaban J connectivity index is 1.97. The second kappa shape index (κ2) is 6.24. The van der Waals surface area contributed by atoms with Gasteiger partial charge in [-0.3, -0.25) is 9.20 Å². The molecule has 3 aromatic rings. The molecule has 3 rings (SSSR count). The van der Waals surface area contributed by atoms with Gasteiger partial charge in [0.1, 0.15) is 17.2 Å². The Labute approximate surface area is 150 Å². The van der Waals surface area contributed by atoms with Gasteiger partial charge in [-0.25, -0.2) is 13.8 Å². The molecule has 25 heavy (non-hydrogen) atoms. The molecule has 4 nitrogen and oxygen atoms in total. The van der Waals surface area contributed by atoms with Gasteiger partial charge in [0.05, 0.1) is 21.0 Å². The SMILES string of the molecule is O=C(Nc1cc(C(F)(F)F)ccc1F)c1cnc2cc(I)c(F)cn12. The average molecular weight is 467 g/mol. The number of anilines is 1. The summed E-state index contributed by atoms with van der Waals surface area (Å²) in [5.41, 5.74) is -1.63. The molecular formula is C15H7F5IN3O. The molecule has 0 radical (unpaired) electrons. The number of pyridine rings is 1. The van der Waals surface area contributed by atoms with Crippen LogP contribution in [0, 0.1) is 15.2 Å². The lowest BCUT2D eigenvalue weighted by Gasteiger charge is -2.11. The minimum absolute atomic E-state index is 0.151. The summed E-state index contributed by atoms with van der Waals surface area (Å²) in [6.07, 6.45) is -2.55. The molecule has 2 heterocycles. The van der Waals surface area contributed by atoms with Crippen LogP contribution in [-0.4, -0.2) is 15.3 Å². The predicted octanol–water partition coefficient (Wildman–Crippen LogP) is 4.49. The number of hydrogen-bond donors (Lipinski definition) is 1. The number of amides is 1. The Morgan fingerprint density at radius 2 is 1.88 bits per heavy atom. The van der Waals surface area contributed by atoms with Gasteiger partial charge in [-0.2, -0.15) is 13.2 Å². The van der Waals surface area contributed by atoms with Crippen molar-refractivity contribution in [3.8, 4) is 0 Å². The fraction of sp³-hybridized carbons (Fsp3) is 0.0667. The number of rotatable bonds is 2. The monoisotopic (exact) mass is 467 g/mol. The summed E-state index contributed by atoms with van der Waals surface area (Å²) in [4.78, 5) is 16.2. The van der Waals surface area contributed by atoms with E-state index in [-0.39, 0.29) is 14.9 Å². The number of benzene rings is 1. The third-order valence-electron chi connectivity index (χ3n) is 3.33. The van der Waals surface area contributed by atoms with Crippen LogP contribution in [0.2, 0.25) is 0 Å². The van der Waals surface area contributed by atoms with Gasteiger partial charge >= 0.3 is 6.18 Å². The van der Waals surface area contributed by atoms with Gasteiger partial charge in [-0.15, -0.1) is 0 Å². The first-order valence-corrected chi connectivity index (χ1v) is 7.75. The van der Waals surface area contributed by atoms with Crippen LogP contribution in [0.1, 0.15) is 16.1 Å². The minimum Gasteiger partial charge on any atom is -0.318 e. The van der Waals surface area contributed by atoms with Gasteiger partial charge in [0.15, 0.2) is 5.82 Å². The van der Waals surface area contributed by atoms with Crippen LogP contribution in [0.4, 0.5) is 27.6 Å². The zero-order valence-corrected chi connectivity index (χ0v) is 14.2. The first-order valence-electron chi connectivity index (χ1n) is 6.67. The maximum absolute atomic E-state index is 13.7. The molecule has 0 fully saturated rings. The fourth-order valence-corrected chi connectivity index (χ4v) is 2.54. The van der Waals surface area contributed by atoms with Crippen molar-refractivity contribution in [3.63, 3.8) is 0 Å². The van der Waals surface area contributed by atoms with Crippen molar-refractivity contribution < 1.29 is 26.7 Å². The van der Waals surface area contributed by atoms with Gasteiger partial charge < -0.3 is 5.32 Å². The van der Waals surface area contributed by atoms with Gasteiger partial charge in [-0.1, -0.05) is 0 Å². The van der Waals surface area contributed by atoms with Crippen molar-refractivity contribution in [2.75, 3.05) is 5.32 Å². The molecule has 1 aromatic carbocycles. The third-order valence-corrected chi connectivity index (χ3v) is 4.15. The fourth-order valence-electron chi connectivity index (χ4n) is 2.13. The van der Waals surface area contributed by atoms with E-state index in [9.17, 15) is 26.7 Å². The third kappa shape index (κ3) is 3.43. The number of carbonyl (C=O) groups excluding carboxylic acids is 1. The van der Waals surface area contributed by atoms with Crippen molar-refractivity contribution in [1.29, 1.82) is 0 Å². The quantitative estimate of drug-likeness (QED) is 0.446. The van der Waals surface area contributed by atoms with E-state index in [0.29, 0.717) is 18.2 Å². The zero-order chi connectivity index (χ0) is 18.4. The molecule has 0 bridgehead atoms. The maximum atomic E-state index is 13.7. The van der Waals surface area contributed by atoms with E-state index in [2.05, 4.69) is 10.3 Å². The van der Waals surface area contributed by atoms with Crippen LogP contribution >= 0.6 is 22.6 Å². The number of carbonyl (C=O) groups is 1. The molecule has 2 aromatic heterocycles. The summed E-state index contributed by atoms with van der Waals surface area (Å²) in [5, 5.41) is 2.05. The summed E-state index contributed by atoms with van der Waals surface area (Å²) in [5.74, 6) is -2.56. The Morgan fingerprint density at radius 1 is 1.16 bits per heavy atom. The minimum atomic E-state index is -4.68. The second-order valence-corrected chi connectivity index (χ2v) is 6.15. The van der Waals surface area contributed by atoms with Gasteiger partial charge in [0.25, 0.3) is 5.91 Å². The van der Waals surface area contributed by atoms with Crippen molar-refractivity contribution in [1.82, 2.24) is 9.38 Å². The molecule has 0 aliphatic rings. The van der Waals surface area contributed by atoms with Gasteiger partial charge in [0, 0.05) is 6.20 Å². The van der Waals surface area contributed by atoms with Crippen molar-refractivity contribution in [2.24, 2.45) is 0 Å². The smallest absolute Gasteiger partial charge is 0.318 e. The number of aromatic nitrogens is 2. The van der Waals surface area contributed by atoms with E-state index in [1.165, 1.54) is 6.07 Å². The van der Waals surface area contributed by atoms with Crippen LogP contribution in [0.5, 0.6) is 0 Å². The Kier molecular flexibility index (Phi) is 4.39. The summed E-state index contributed by atoms with van der Waals surface area (Å²) >= 11 is 1.75.